The van der Waals surface area contributed by atoms with Crippen molar-refractivity contribution in [2.24, 2.45) is 0 Å². The van der Waals surface area contributed by atoms with Gasteiger partial charge in [-0.1, -0.05) is 50.2 Å². The van der Waals surface area contributed by atoms with Crippen molar-refractivity contribution >= 4 is 33.1 Å². The van der Waals surface area contributed by atoms with Crippen LogP contribution in [0.3, 0.4) is 0 Å². The zero-order valence-corrected chi connectivity index (χ0v) is 21.4. The summed E-state index contributed by atoms with van der Waals surface area (Å²) in [5.74, 6) is -0.214. The summed E-state index contributed by atoms with van der Waals surface area (Å²) in [5, 5.41) is 5.72. The monoisotopic (exact) mass is 485 g/mol. The molecule has 6 heteroatoms. The largest absolute Gasteiger partial charge is 0.324 e. The minimum Gasteiger partial charge on any atom is -0.324 e. The lowest BCUT2D eigenvalue weighted by Gasteiger charge is -2.19. The van der Waals surface area contributed by atoms with Crippen LogP contribution in [0.4, 0.5) is 5.69 Å². The molecule has 0 bridgehead atoms. The first kappa shape index (κ1) is 23.5. The molecule has 1 aliphatic rings. The molecule has 0 radical (unpaired) electrons. The number of fused-ring (bicyclic) bond motifs is 2. The molecule has 0 aliphatic heterocycles. The van der Waals surface area contributed by atoms with Gasteiger partial charge in [0, 0.05) is 16.6 Å². The molecule has 180 valence electrons. The molecule has 5 rings (SSSR count). The number of nitrogens with one attached hydrogen (secondary N) is 1. The Morgan fingerprint density at radius 3 is 2.51 bits per heavy atom. The minimum absolute atomic E-state index is 0.175. The molecule has 4 aromatic rings. The van der Waals surface area contributed by atoms with Gasteiger partial charge in [-0.3, -0.25) is 14.2 Å². The number of carbonyl (C=O) groups is 1. The summed E-state index contributed by atoms with van der Waals surface area (Å²) < 4.78 is 1.46. The van der Waals surface area contributed by atoms with Crippen molar-refractivity contribution in [2.75, 3.05) is 5.32 Å². The Balaban J connectivity index is 1.51. The molecule has 2 heterocycles. The molecule has 0 saturated heterocycles. The third-order valence-corrected chi connectivity index (χ3v) is 8.11. The molecule has 1 aliphatic carbocycles. The van der Waals surface area contributed by atoms with Crippen LogP contribution in [0.2, 0.25) is 0 Å². The number of anilines is 1. The van der Waals surface area contributed by atoms with E-state index >= 15 is 0 Å². The first-order chi connectivity index (χ1) is 17.0. The van der Waals surface area contributed by atoms with Crippen molar-refractivity contribution in [3.05, 3.63) is 80.7 Å². The standard InChI is InChI=1S/C29H31N3O2S/c1-4-19-11-8-12-20(5-2)26(19)31-27(33)18(3)32-17-30-28-25(29(32)34)24(16-35-28)23-14-13-21-9-6-7-10-22(21)15-23/h8,11-18H,4-7,9-10H2,1-3H3,(H,31,33). The fourth-order valence-electron chi connectivity index (χ4n) is 5.09. The lowest BCUT2D eigenvalue weighted by atomic mass is 9.89. The van der Waals surface area contributed by atoms with Gasteiger partial charge in [0.25, 0.3) is 5.56 Å². The molecule has 0 spiro atoms. The van der Waals surface area contributed by atoms with Gasteiger partial charge in [0.1, 0.15) is 10.9 Å². The highest BCUT2D eigenvalue weighted by Crippen LogP contribution is 2.34. The summed E-state index contributed by atoms with van der Waals surface area (Å²) in [7, 11) is 0. The molecule has 5 nitrogen and oxygen atoms in total. The maximum absolute atomic E-state index is 13.7. The molecule has 1 atom stereocenters. The van der Waals surface area contributed by atoms with Crippen LogP contribution in [0.5, 0.6) is 0 Å². The summed E-state index contributed by atoms with van der Waals surface area (Å²) >= 11 is 1.48. The Morgan fingerprint density at radius 2 is 1.80 bits per heavy atom. The van der Waals surface area contributed by atoms with Crippen molar-refractivity contribution in [2.45, 2.75) is 65.3 Å². The van der Waals surface area contributed by atoms with Crippen molar-refractivity contribution in [3.63, 3.8) is 0 Å². The van der Waals surface area contributed by atoms with Crippen molar-refractivity contribution in [1.29, 1.82) is 0 Å². The molecule has 2 aromatic carbocycles. The molecular weight excluding hydrogens is 454 g/mol. The molecule has 0 saturated carbocycles. The summed E-state index contributed by atoms with van der Waals surface area (Å²) in [6, 6.07) is 12.0. The van der Waals surface area contributed by atoms with Crippen LogP contribution in [0.15, 0.2) is 52.9 Å². The van der Waals surface area contributed by atoms with E-state index in [4.69, 9.17) is 0 Å². The van der Waals surface area contributed by atoms with E-state index in [2.05, 4.69) is 42.3 Å². The number of aromatic nitrogens is 2. The van der Waals surface area contributed by atoms with Crippen LogP contribution in [0.25, 0.3) is 21.3 Å². The first-order valence-electron chi connectivity index (χ1n) is 12.5. The van der Waals surface area contributed by atoms with E-state index in [9.17, 15) is 9.59 Å². The third kappa shape index (κ3) is 4.31. The fraction of sp³-hybridized carbons (Fsp3) is 0.345. The van der Waals surface area contributed by atoms with Crippen molar-refractivity contribution < 1.29 is 4.79 Å². The van der Waals surface area contributed by atoms with E-state index in [-0.39, 0.29) is 11.5 Å². The molecule has 1 amide bonds. The number of hydrogen-bond donors (Lipinski definition) is 1. The van der Waals surface area contributed by atoms with Gasteiger partial charge in [0.15, 0.2) is 0 Å². The molecule has 1 N–H and O–H groups in total. The summed E-state index contributed by atoms with van der Waals surface area (Å²) in [4.78, 5) is 32.2. The fourth-order valence-corrected chi connectivity index (χ4v) is 6.00. The predicted molar refractivity (Wildman–Crippen MR) is 144 cm³/mol. The van der Waals surface area contributed by atoms with Gasteiger partial charge in [-0.25, -0.2) is 4.98 Å². The number of benzene rings is 2. The number of carbonyl (C=O) groups excluding carboxylic acids is 1. The Labute approximate surface area is 209 Å². The van der Waals surface area contributed by atoms with Crippen molar-refractivity contribution in [3.8, 4) is 11.1 Å². The predicted octanol–water partition coefficient (Wildman–Crippen LogP) is 6.33. The highest BCUT2D eigenvalue weighted by molar-refractivity contribution is 7.17. The van der Waals surface area contributed by atoms with Gasteiger partial charge in [-0.05, 0) is 73.3 Å². The lowest BCUT2D eigenvalue weighted by Crippen LogP contribution is -2.32. The second-order valence-electron chi connectivity index (χ2n) is 9.30. The number of rotatable bonds is 6. The van der Waals surface area contributed by atoms with Gasteiger partial charge in [-0.15, -0.1) is 11.3 Å². The zero-order chi connectivity index (χ0) is 24.5. The molecular formula is C29H31N3O2S. The van der Waals surface area contributed by atoms with E-state index in [1.807, 2.05) is 23.6 Å². The van der Waals surface area contributed by atoms with Crippen LogP contribution in [0, 0.1) is 0 Å². The van der Waals surface area contributed by atoms with E-state index in [1.165, 1.54) is 46.2 Å². The van der Waals surface area contributed by atoms with Crippen LogP contribution < -0.4 is 10.9 Å². The van der Waals surface area contributed by atoms with Crippen LogP contribution in [-0.2, 0) is 30.5 Å². The average molecular weight is 486 g/mol. The molecule has 2 aromatic heterocycles. The summed E-state index contributed by atoms with van der Waals surface area (Å²) in [6.07, 6.45) is 7.82. The third-order valence-electron chi connectivity index (χ3n) is 7.22. The lowest BCUT2D eigenvalue weighted by molar-refractivity contribution is -0.118. The average Bonchev–Trinajstić information content (AvgIpc) is 3.33. The van der Waals surface area contributed by atoms with E-state index in [0.717, 1.165) is 53.6 Å². The van der Waals surface area contributed by atoms with E-state index < -0.39 is 6.04 Å². The topological polar surface area (TPSA) is 64.0 Å². The van der Waals surface area contributed by atoms with Crippen LogP contribution in [-0.4, -0.2) is 15.5 Å². The van der Waals surface area contributed by atoms with Crippen molar-refractivity contribution in [1.82, 2.24) is 9.55 Å². The Kier molecular flexibility index (Phi) is 6.56. The number of thiophene rings is 1. The van der Waals surface area contributed by atoms with Gasteiger partial charge in [-0.2, -0.15) is 0 Å². The zero-order valence-electron chi connectivity index (χ0n) is 20.6. The van der Waals surface area contributed by atoms with Gasteiger partial charge >= 0.3 is 0 Å². The number of amides is 1. The van der Waals surface area contributed by atoms with E-state index in [1.54, 1.807) is 6.92 Å². The molecule has 0 fully saturated rings. The minimum atomic E-state index is -0.690. The van der Waals surface area contributed by atoms with Gasteiger partial charge in [0.2, 0.25) is 5.91 Å². The molecule has 1 unspecified atom stereocenters. The van der Waals surface area contributed by atoms with Crippen LogP contribution >= 0.6 is 11.3 Å². The second-order valence-corrected chi connectivity index (χ2v) is 10.2. The second kappa shape index (κ2) is 9.78. The maximum Gasteiger partial charge on any atom is 0.263 e. The SMILES string of the molecule is CCc1cccc(CC)c1NC(=O)C(C)n1cnc2scc(-c3ccc4c(c3)CCCC4)c2c1=O. The molecule has 35 heavy (non-hydrogen) atoms. The first-order valence-corrected chi connectivity index (χ1v) is 13.4. The van der Waals surface area contributed by atoms with E-state index in [0.29, 0.717) is 10.2 Å². The Hall–Kier alpha value is -3.25. The smallest absolute Gasteiger partial charge is 0.263 e. The normalized spacial score (nSPS) is 14.0. The highest BCUT2D eigenvalue weighted by Gasteiger charge is 2.22. The highest BCUT2D eigenvalue weighted by atomic mass is 32.1. The maximum atomic E-state index is 13.7. The number of hydrogen-bond acceptors (Lipinski definition) is 4. The Morgan fingerprint density at radius 1 is 1.09 bits per heavy atom. The van der Waals surface area contributed by atoms with Gasteiger partial charge in [0.05, 0.1) is 11.7 Å². The number of nitrogens with zero attached hydrogens (tertiary/aromatic N) is 2. The number of aryl methyl sites for hydroxylation is 4. The Bertz CT molecular complexity index is 1440. The quantitative estimate of drug-likeness (QED) is 0.347. The summed E-state index contributed by atoms with van der Waals surface area (Å²) in [6.45, 7) is 5.92. The summed E-state index contributed by atoms with van der Waals surface area (Å²) in [5.41, 5.74) is 7.63. The van der Waals surface area contributed by atoms with Gasteiger partial charge < -0.3 is 5.32 Å². The van der Waals surface area contributed by atoms with Crippen LogP contribution in [0.1, 0.15) is 61.9 Å². The number of para-hydroxylation sites is 1.